The molecule has 0 aliphatic rings. The molecule has 2 aromatic rings. The molecule has 1 heterocycles. The molecule has 0 saturated heterocycles. The van der Waals surface area contributed by atoms with Crippen molar-refractivity contribution < 1.29 is 9.53 Å². The summed E-state index contributed by atoms with van der Waals surface area (Å²) in [6, 6.07) is 12.1. The highest BCUT2D eigenvalue weighted by Gasteiger charge is 2.12. The highest BCUT2D eigenvalue weighted by Crippen LogP contribution is 2.30. The van der Waals surface area contributed by atoms with Crippen molar-refractivity contribution in [3.63, 3.8) is 0 Å². The smallest absolute Gasteiger partial charge is 0.263 e. The summed E-state index contributed by atoms with van der Waals surface area (Å²) in [7, 11) is 5.24. The van der Waals surface area contributed by atoms with Gasteiger partial charge in [0, 0.05) is 26.1 Å². The first-order valence-corrected chi connectivity index (χ1v) is 7.29. The average Bonchev–Trinajstić information content (AvgIpc) is 2.95. The molecule has 0 N–H and O–H groups in total. The maximum absolute atomic E-state index is 11.9. The summed E-state index contributed by atoms with van der Waals surface area (Å²) in [5.41, 5.74) is 2.26. The van der Waals surface area contributed by atoms with Gasteiger partial charge in [0.1, 0.15) is 0 Å². The first-order valence-electron chi connectivity index (χ1n) is 6.47. The van der Waals surface area contributed by atoms with Gasteiger partial charge in [-0.15, -0.1) is 11.3 Å². The van der Waals surface area contributed by atoms with Gasteiger partial charge in [-0.1, -0.05) is 18.2 Å². The molecular weight excluding hydrogens is 270 g/mol. The summed E-state index contributed by atoms with van der Waals surface area (Å²) in [6.07, 6.45) is 0.0674. The van der Waals surface area contributed by atoms with Gasteiger partial charge in [0.15, 0.2) is 0 Å². The molecule has 20 heavy (non-hydrogen) atoms. The Labute approximate surface area is 123 Å². The van der Waals surface area contributed by atoms with Crippen LogP contribution in [0.1, 0.15) is 28.3 Å². The third-order valence-corrected chi connectivity index (χ3v) is 4.34. The number of ether oxygens (including phenoxy) is 1. The van der Waals surface area contributed by atoms with Crippen molar-refractivity contribution >= 4 is 17.2 Å². The molecule has 0 saturated carbocycles. The van der Waals surface area contributed by atoms with Crippen molar-refractivity contribution in [1.29, 1.82) is 0 Å². The lowest BCUT2D eigenvalue weighted by molar-refractivity contribution is 0.0832. The van der Waals surface area contributed by atoms with Crippen LogP contribution in [-0.2, 0) is 4.74 Å². The van der Waals surface area contributed by atoms with Crippen LogP contribution in [0.5, 0.6) is 0 Å². The zero-order chi connectivity index (χ0) is 14.7. The van der Waals surface area contributed by atoms with E-state index >= 15 is 0 Å². The summed E-state index contributed by atoms with van der Waals surface area (Å²) in [5.74, 6) is 0.0441. The molecule has 0 radical (unpaired) electrons. The molecule has 106 valence electrons. The zero-order valence-corrected chi connectivity index (χ0v) is 13.0. The van der Waals surface area contributed by atoms with E-state index in [1.165, 1.54) is 11.3 Å². The molecule has 1 aromatic carbocycles. The van der Waals surface area contributed by atoms with Crippen LogP contribution >= 0.6 is 11.3 Å². The Morgan fingerprint density at radius 1 is 1.25 bits per heavy atom. The molecule has 1 atom stereocenters. The molecule has 1 aromatic heterocycles. The number of carbonyl (C=O) groups excluding carboxylic acids is 1. The van der Waals surface area contributed by atoms with Crippen LogP contribution in [0.15, 0.2) is 36.4 Å². The molecule has 4 heteroatoms. The number of rotatable bonds is 4. The lowest BCUT2D eigenvalue weighted by Gasteiger charge is -2.10. The largest absolute Gasteiger partial charge is 0.377 e. The molecule has 0 fully saturated rings. The molecule has 2 rings (SSSR count). The predicted octanol–water partition coefficient (Wildman–Crippen LogP) is 3.82. The van der Waals surface area contributed by atoms with E-state index in [4.69, 9.17) is 4.74 Å². The number of thiophene rings is 1. The van der Waals surface area contributed by atoms with Crippen LogP contribution in [0.25, 0.3) is 10.4 Å². The summed E-state index contributed by atoms with van der Waals surface area (Å²) in [5, 5.41) is 0. The molecular formula is C16H19NO2S. The number of carbonyl (C=O) groups is 1. The minimum atomic E-state index is 0.0441. The molecule has 0 bridgehead atoms. The predicted molar refractivity (Wildman–Crippen MR) is 83.2 cm³/mol. The minimum absolute atomic E-state index is 0.0441. The standard InChI is InChI=1S/C16H19NO2S/c1-11(19-4)12-6-5-7-13(10-12)14-8-9-15(20-14)16(18)17(2)3/h5-11H,1-4H3/t11-/m1/s1. The van der Waals surface area contributed by atoms with Crippen LogP contribution in [0.4, 0.5) is 0 Å². The topological polar surface area (TPSA) is 29.5 Å². The van der Waals surface area contributed by atoms with Crippen LogP contribution in [0.2, 0.25) is 0 Å². The molecule has 0 aliphatic carbocycles. The zero-order valence-electron chi connectivity index (χ0n) is 12.2. The summed E-state index contributed by atoms with van der Waals surface area (Å²) in [6.45, 7) is 2.02. The Balaban J connectivity index is 2.31. The summed E-state index contributed by atoms with van der Waals surface area (Å²) >= 11 is 1.52. The van der Waals surface area contributed by atoms with Gasteiger partial charge in [0.2, 0.25) is 0 Å². The van der Waals surface area contributed by atoms with E-state index in [1.807, 2.05) is 25.1 Å². The van der Waals surface area contributed by atoms with E-state index in [1.54, 1.807) is 26.1 Å². The van der Waals surface area contributed by atoms with E-state index in [0.29, 0.717) is 0 Å². The second kappa shape index (κ2) is 6.20. The van der Waals surface area contributed by atoms with Gasteiger partial charge in [-0.25, -0.2) is 0 Å². The van der Waals surface area contributed by atoms with Crippen LogP contribution < -0.4 is 0 Å². The second-order valence-electron chi connectivity index (χ2n) is 4.87. The normalized spacial score (nSPS) is 12.2. The first kappa shape index (κ1) is 14.8. The second-order valence-corrected chi connectivity index (χ2v) is 5.95. The number of methoxy groups -OCH3 is 1. The summed E-state index contributed by atoms with van der Waals surface area (Å²) in [4.78, 5) is 15.4. The fraction of sp³-hybridized carbons (Fsp3) is 0.312. The van der Waals surface area contributed by atoms with E-state index < -0.39 is 0 Å². The van der Waals surface area contributed by atoms with Crippen molar-refractivity contribution in [2.45, 2.75) is 13.0 Å². The van der Waals surface area contributed by atoms with E-state index in [0.717, 1.165) is 20.9 Å². The highest BCUT2D eigenvalue weighted by molar-refractivity contribution is 7.17. The third-order valence-electron chi connectivity index (χ3n) is 3.22. The van der Waals surface area contributed by atoms with Gasteiger partial charge < -0.3 is 9.64 Å². The van der Waals surface area contributed by atoms with Gasteiger partial charge >= 0.3 is 0 Å². The maximum atomic E-state index is 11.9. The highest BCUT2D eigenvalue weighted by atomic mass is 32.1. The third kappa shape index (κ3) is 3.08. The maximum Gasteiger partial charge on any atom is 0.263 e. The SMILES string of the molecule is CO[C@H](C)c1cccc(-c2ccc(C(=O)N(C)C)s2)c1. The van der Waals surface area contributed by atoms with Crippen molar-refractivity contribution in [2.75, 3.05) is 21.2 Å². The Bertz CT molecular complexity index is 604. The van der Waals surface area contributed by atoms with Crippen LogP contribution in [-0.4, -0.2) is 32.0 Å². The lowest BCUT2D eigenvalue weighted by Crippen LogP contribution is -2.20. The Hall–Kier alpha value is -1.65. The Morgan fingerprint density at radius 2 is 2.00 bits per heavy atom. The van der Waals surface area contributed by atoms with Gasteiger partial charge in [0.05, 0.1) is 11.0 Å². The van der Waals surface area contributed by atoms with Gasteiger partial charge in [-0.05, 0) is 36.2 Å². The van der Waals surface area contributed by atoms with E-state index in [2.05, 4.69) is 18.2 Å². The quantitative estimate of drug-likeness (QED) is 0.856. The Morgan fingerprint density at radius 3 is 2.65 bits per heavy atom. The van der Waals surface area contributed by atoms with E-state index in [9.17, 15) is 4.79 Å². The van der Waals surface area contributed by atoms with Gasteiger partial charge in [0.25, 0.3) is 5.91 Å². The van der Waals surface area contributed by atoms with E-state index in [-0.39, 0.29) is 12.0 Å². The van der Waals surface area contributed by atoms with Gasteiger partial charge in [-0.3, -0.25) is 4.79 Å². The van der Waals surface area contributed by atoms with Crippen molar-refractivity contribution in [3.8, 4) is 10.4 Å². The number of hydrogen-bond donors (Lipinski definition) is 0. The molecule has 0 spiro atoms. The molecule has 3 nitrogen and oxygen atoms in total. The molecule has 0 unspecified atom stereocenters. The lowest BCUT2D eigenvalue weighted by atomic mass is 10.1. The average molecular weight is 289 g/mol. The van der Waals surface area contributed by atoms with Crippen LogP contribution in [0.3, 0.4) is 0 Å². The monoisotopic (exact) mass is 289 g/mol. The first-order chi connectivity index (χ1) is 9.52. The van der Waals surface area contributed by atoms with Crippen molar-refractivity contribution in [1.82, 2.24) is 4.90 Å². The van der Waals surface area contributed by atoms with Crippen molar-refractivity contribution in [2.24, 2.45) is 0 Å². The Kier molecular flexibility index (Phi) is 4.57. The number of hydrogen-bond acceptors (Lipinski definition) is 3. The van der Waals surface area contributed by atoms with Gasteiger partial charge in [-0.2, -0.15) is 0 Å². The number of nitrogens with zero attached hydrogens (tertiary/aromatic N) is 1. The van der Waals surface area contributed by atoms with Crippen molar-refractivity contribution in [3.05, 3.63) is 46.8 Å². The summed E-state index contributed by atoms with van der Waals surface area (Å²) < 4.78 is 5.34. The van der Waals surface area contributed by atoms with Crippen LogP contribution in [0, 0.1) is 0 Å². The fourth-order valence-electron chi connectivity index (χ4n) is 1.91. The minimum Gasteiger partial charge on any atom is -0.377 e. The number of benzene rings is 1. The number of amides is 1. The fourth-order valence-corrected chi connectivity index (χ4v) is 2.93. The molecule has 0 aliphatic heterocycles. The molecule has 1 amide bonds.